The minimum absolute atomic E-state index is 0.129. The van der Waals surface area contributed by atoms with Gasteiger partial charge in [-0.2, -0.15) is 0 Å². The van der Waals surface area contributed by atoms with Crippen molar-refractivity contribution in [2.45, 2.75) is 18.9 Å². The van der Waals surface area contributed by atoms with E-state index in [1.54, 1.807) is 18.2 Å². The second-order valence-corrected chi connectivity index (χ2v) is 5.62. The van der Waals surface area contributed by atoms with Crippen molar-refractivity contribution in [3.05, 3.63) is 69.7 Å². The Morgan fingerprint density at radius 3 is 2.47 bits per heavy atom. The van der Waals surface area contributed by atoms with E-state index >= 15 is 0 Å². The lowest BCUT2D eigenvalue weighted by molar-refractivity contribution is 0.0537. The Morgan fingerprint density at radius 2 is 1.84 bits per heavy atom. The molecule has 0 aliphatic heterocycles. The standard InChI is InChI=1S/C15H13BrF2O/c1-15(19,13-4-2-3-5-14(13)18)9-10-6-11(16)8-12(17)7-10/h2-8,19H,9H2,1H3. The van der Waals surface area contributed by atoms with Crippen LogP contribution in [0, 0.1) is 11.6 Å². The summed E-state index contributed by atoms with van der Waals surface area (Å²) in [5.41, 5.74) is -0.589. The Labute approximate surface area is 119 Å². The van der Waals surface area contributed by atoms with Crippen LogP contribution in [0.4, 0.5) is 8.78 Å². The molecule has 1 unspecified atom stereocenters. The minimum atomic E-state index is -1.39. The van der Waals surface area contributed by atoms with Crippen molar-refractivity contribution in [2.75, 3.05) is 0 Å². The first kappa shape index (κ1) is 14.2. The molecule has 2 aromatic rings. The third-order valence-corrected chi connectivity index (χ3v) is 3.38. The maximum absolute atomic E-state index is 13.7. The average molecular weight is 327 g/mol. The lowest BCUT2D eigenvalue weighted by Crippen LogP contribution is -2.25. The SMILES string of the molecule is CC(O)(Cc1cc(F)cc(Br)c1)c1ccccc1F. The Balaban J connectivity index is 2.33. The molecule has 0 saturated carbocycles. The maximum Gasteiger partial charge on any atom is 0.129 e. The average Bonchev–Trinajstić information content (AvgIpc) is 2.26. The zero-order chi connectivity index (χ0) is 14.0. The highest BCUT2D eigenvalue weighted by Gasteiger charge is 2.26. The molecule has 0 radical (unpaired) electrons. The Hall–Kier alpha value is -1.26. The van der Waals surface area contributed by atoms with E-state index in [9.17, 15) is 13.9 Å². The number of aliphatic hydroxyl groups is 1. The summed E-state index contributed by atoms with van der Waals surface area (Å²) in [6.07, 6.45) is 0.129. The van der Waals surface area contributed by atoms with E-state index in [0.717, 1.165) is 0 Å². The number of rotatable bonds is 3. The fourth-order valence-electron chi connectivity index (χ4n) is 2.10. The van der Waals surface area contributed by atoms with Gasteiger partial charge in [0.15, 0.2) is 0 Å². The predicted octanol–water partition coefficient (Wildman–Crippen LogP) is 4.18. The molecule has 0 saturated heterocycles. The number of benzene rings is 2. The van der Waals surface area contributed by atoms with E-state index in [2.05, 4.69) is 15.9 Å². The first-order valence-electron chi connectivity index (χ1n) is 5.81. The molecule has 1 nitrogen and oxygen atoms in total. The summed E-state index contributed by atoms with van der Waals surface area (Å²) in [5, 5.41) is 10.4. The molecule has 19 heavy (non-hydrogen) atoms. The van der Waals surface area contributed by atoms with E-state index in [1.165, 1.54) is 31.2 Å². The van der Waals surface area contributed by atoms with Crippen LogP contribution in [0.15, 0.2) is 46.9 Å². The zero-order valence-electron chi connectivity index (χ0n) is 10.3. The summed E-state index contributed by atoms with van der Waals surface area (Å²) in [6, 6.07) is 10.4. The summed E-state index contributed by atoms with van der Waals surface area (Å²) in [7, 11) is 0. The molecule has 0 fully saturated rings. The molecule has 0 aromatic heterocycles. The van der Waals surface area contributed by atoms with Gasteiger partial charge >= 0.3 is 0 Å². The topological polar surface area (TPSA) is 20.2 Å². The smallest absolute Gasteiger partial charge is 0.129 e. The van der Waals surface area contributed by atoms with Gasteiger partial charge in [0.2, 0.25) is 0 Å². The van der Waals surface area contributed by atoms with Crippen molar-refractivity contribution in [2.24, 2.45) is 0 Å². The van der Waals surface area contributed by atoms with Crippen molar-refractivity contribution in [1.82, 2.24) is 0 Å². The van der Waals surface area contributed by atoms with E-state index in [-0.39, 0.29) is 12.0 Å². The van der Waals surface area contributed by atoms with Crippen LogP contribution in [0.1, 0.15) is 18.1 Å². The highest BCUT2D eigenvalue weighted by atomic mass is 79.9. The van der Waals surface area contributed by atoms with Gasteiger partial charge in [-0.25, -0.2) is 8.78 Å². The molecule has 1 N–H and O–H groups in total. The quantitative estimate of drug-likeness (QED) is 0.897. The highest BCUT2D eigenvalue weighted by Crippen LogP contribution is 2.28. The van der Waals surface area contributed by atoms with Crippen LogP contribution in [-0.4, -0.2) is 5.11 Å². The van der Waals surface area contributed by atoms with Crippen molar-refractivity contribution in [3.63, 3.8) is 0 Å². The van der Waals surface area contributed by atoms with Crippen LogP contribution in [-0.2, 0) is 12.0 Å². The minimum Gasteiger partial charge on any atom is -0.385 e. The zero-order valence-corrected chi connectivity index (χ0v) is 11.9. The fourth-order valence-corrected chi connectivity index (χ4v) is 2.62. The normalized spacial score (nSPS) is 14.2. The van der Waals surface area contributed by atoms with Gasteiger partial charge in [0, 0.05) is 16.5 Å². The fraction of sp³-hybridized carbons (Fsp3) is 0.200. The van der Waals surface area contributed by atoms with Gasteiger partial charge in [-0.05, 0) is 36.8 Å². The lowest BCUT2D eigenvalue weighted by atomic mass is 9.89. The lowest BCUT2D eigenvalue weighted by Gasteiger charge is -2.24. The molecule has 0 heterocycles. The number of hydrogen-bond donors (Lipinski definition) is 1. The molecule has 0 aliphatic rings. The van der Waals surface area contributed by atoms with E-state index in [0.29, 0.717) is 10.0 Å². The Bertz CT molecular complexity index is 576. The van der Waals surface area contributed by atoms with Crippen LogP contribution in [0.2, 0.25) is 0 Å². The number of halogens is 3. The van der Waals surface area contributed by atoms with Gasteiger partial charge in [-0.3, -0.25) is 0 Å². The van der Waals surface area contributed by atoms with Gasteiger partial charge in [-0.1, -0.05) is 34.1 Å². The molecule has 100 valence electrons. The van der Waals surface area contributed by atoms with Crippen molar-refractivity contribution in [3.8, 4) is 0 Å². The molecule has 1 atom stereocenters. The van der Waals surface area contributed by atoms with E-state index in [1.807, 2.05) is 0 Å². The molecule has 2 rings (SSSR count). The second kappa shape index (κ2) is 5.39. The van der Waals surface area contributed by atoms with Gasteiger partial charge in [0.05, 0.1) is 5.60 Å². The summed E-state index contributed by atoms with van der Waals surface area (Å²) >= 11 is 3.20. The van der Waals surface area contributed by atoms with Crippen molar-refractivity contribution in [1.29, 1.82) is 0 Å². The summed E-state index contributed by atoms with van der Waals surface area (Å²) in [6.45, 7) is 1.52. The maximum atomic E-state index is 13.7. The third-order valence-electron chi connectivity index (χ3n) is 2.92. The number of hydrogen-bond acceptors (Lipinski definition) is 1. The third kappa shape index (κ3) is 3.39. The van der Waals surface area contributed by atoms with Crippen LogP contribution < -0.4 is 0 Å². The van der Waals surface area contributed by atoms with Gasteiger partial charge in [-0.15, -0.1) is 0 Å². The van der Waals surface area contributed by atoms with Gasteiger partial charge in [0.1, 0.15) is 11.6 Å². The first-order chi connectivity index (χ1) is 8.88. The molecular weight excluding hydrogens is 314 g/mol. The van der Waals surface area contributed by atoms with Crippen LogP contribution in [0.25, 0.3) is 0 Å². The van der Waals surface area contributed by atoms with Crippen LogP contribution >= 0.6 is 15.9 Å². The summed E-state index contributed by atoms with van der Waals surface area (Å²) < 4.78 is 27.6. The van der Waals surface area contributed by atoms with Crippen LogP contribution in [0.5, 0.6) is 0 Å². The summed E-state index contributed by atoms with van der Waals surface area (Å²) in [4.78, 5) is 0. The van der Waals surface area contributed by atoms with Gasteiger partial charge < -0.3 is 5.11 Å². The Kier molecular flexibility index (Phi) is 4.02. The monoisotopic (exact) mass is 326 g/mol. The first-order valence-corrected chi connectivity index (χ1v) is 6.60. The molecule has 0 spiro atoms. The predicted molar refractivity (Wildman–Crippen MR) is 73.8 cm³/mol. The largest absolute Gasteiger partial charge is 0.385 e. The molecule has 0 amide bonds. The van der Waals surface area contributed by atoms with E-state index < -0.39 is 17.2 Å². The van der Waals surface area contributed by atoms with E-state index in [4.69, 9.17) is 0 Å². The molecular formula is C15H13BrF2O. The molecule has 2 aromatic carbocycles. The summed E-state index contributed by atoms with van der Waals surface area (Å²) in [5.74, 6) is -0.864. The van der Waals surface area contributed by atoms with Crippen molar-refractivity contribution >= 4 is 15.9 Å². The van der Waals surface area contributed by atoms with Crippen LogP contribution in [0.3, 0.4) is 0 Å². The molecule has 4 heteroatoms. The van der Waals surface area contributed by atoms with Gasteiger partial charge in [0.25, 0.3) is 0 Å². The molecule has 0 aliphatic carbocycles. The molecule has 0 bridgehead atoms. The highest BCUT2D eigenvalue weighted by molar-refractivity contribution is 9.10. The van der Waals surface area contributed by atoms with Crippen molar-refractivity contribution < 1.29 is 13.9 Å². The second-order valence-electron chi connectivity index (χ2n) is 4.71. The Morgan fingerprint density at radius 1 is 1.16 bits per heavy atom.